The molecule has 6 nitrogen and oxygen atoms in total. The molecule has 2 aliphatic carbocycles. The van der Waals surface area contributed by atoms with Gasteiger partial charge in [-0.05, 0) is 84.8 Å². The van der Waals surface area contributed by atoms with Crippen LogP contribution in [0.5, 0.6) is 0 Å². The van der Waals surface area contributed by atoms with Crippen molar-refractivity contribution in [2.45, 2.75) is 73.5 Å². The first-order valence-electron chi connectivity index (χ1n) is 10.8. The minimum Gasteiger partial charge on any atom is -0.301 e. The van der Waals surface area contributed by atoms with Gasteiger partial charge in [0.1, 0.15) is 16.5 Å². The Bertz CT molecular complexity index is 1200. The smallest absolute Gasteiger partial charge is 0.301 e. The van der Waals surface area contributed by atoms with Crippen LogP contribution in [-0.4, -0.2) is 32.4 Å². The summed E-state index contributed by atoms with van der Waals surface area (Å²) in [7, 11) is 0. The molecule has 0 saturated carbocycles. The van der Waals surface area contributed by atoms with Gasteiger partial charge in [-0.3, -0.25) is 9.36 Å². The predicted octanol–water partition coefficient (Wildman–Crippen LogP) is 8.79. The van der Waals surface area contributed by atoms with E-state index in [0.29, 0.717) is 49.2 Å². The zero-order chi connectivity index (χ0) is 28.0. The van der Waals surface area contributed by atoms with E-state index in [2.05, 4.69) is 53.7 Å². The third-order valence-electron chi connectivity index (χ3n) is 5.33. The summed E-state index contributed by atoms with van der Waals surface area (Å²) < 4.78 is 64.6. The number of rotatable bonds is 2. The van der Waals surface area contributed by atoms with Crippen LogP contribution in [0.25, 0.3) is 0 Å². The second kappa shape index (κ2) is 13.9. The van der Waals surface area contributed by atoms with Crippen LogP contribution in [0.1, 0.15) is 61.0 Å². The highest BCUT2D eigenvalue weighted by Gasteiger charge is 2.39. The topological polar surface area (TPSA) is 88.6 Å². The molecule has 4 rings (SSSR count). The molecular weight excluding hydrogens is 641 g/mol. The van der Waals surface area contributed by atoms with Crippen molar-refractivity contribution in [3.63, 3.8) is 0 Å². The summed E-state index contributed by atoms with van der Waals surface area (Å²) >= 11 is 22.2. The lowest BCUT2D eigenvalue weighted by molar-refractivity contribution is -0.0193. The van der Waals surface area contributed by atoms with Crippen molar-refractivity contribution in [2.24, 2.45) is 0 Å². The van der Waals surface area contributed by atoms with Crippen LogP contribution < -0.4 is 5.56 Å². The largest absolute Gasteiger partial charge is 0.339 e. The Morgan fingerprint density at radius 2 is 1.32 bits per heavy atom. The van der Waals surface area contributed by atoms with E-state index in [9.17, 15) is 26.9 Å². The fourth-order valence-corrected chi connectivity index (χ4v) is 4.75. The third kappa shape index (κ3) is 10.0. The number of hydrogen-bond acceptors (Lipinski definition) is 7. The van der Waals surface area contributed by atoms with E-state index < -0.39 is 22.6 Å². The zero-order valence-corrected chi connectivity index (χ0v) is 25.2. The van der Waals surface area contributed by atoms with Crippen molar-refractivity contribution in [3.05, 3.63) is 38.0 Å². The molecule has 0 aromatic carbocycles. The van der Waals surface area contributed by atoms with Crippen LogP contribution in [0.2, 0.25) is 5.15 Å². The van der Waals surface area contributed by atoms with Gasteiger partial charge in [-0.1, -0.05) is 35.1 Å². The van der Waals surface area contributed by atoms with Gasteiger partial charge in [0.05, 0.1) is 0 Å². The van der Waals surface area contributed by atoms with Crippen LogP contribution in [-0.2, 0) is 29.3 Å². The molecule has 2 aliphatic rings. The lowest BCUT2D eigenvalue weighted by atomic mass is 10.1. The Kier molecular flexibility index (Phi) is 12.4. The third-order valence-corrected chi connectivity index (χ3v) is 6.77. The van der Waals surface area contributed by atoms with Crippen molar-refractivity contribution in [3.8, 4) is 0 Å². The van der Waals surface area contributed by atoms with Crippen LogP contribution in [0.15, 0.2) is 15.1 Å². The standard InChI is InChI=1S/C10H11ClF2N2S.C10H12F2N2OS.Cl3OP/c1-16-9-14-7-6(8(11)15-9)4-2-3-5-10(7,12)13;1-16-9-13-7-6(8(15)14-9)4-2-3-5-10(7,11)12;1-5(2,3)4/h2-5H2,1H3;2-5H2,1H3,(H,13,14,15);. The van der Waals surface area contributed by atoms with Gasteiger partial charge in [0.25, 0.3) is 17.4 Å². The molecule has 0 amide bonds. The molecular formula is C20H23Cl4F4N4O2PS2. The molecule has 0 spiro atoms. The normalized spacial score (nSPS) is 18.0. The summed E-state index contributed by atoms with van der Waals surface area (Å²) in [5.74, 6) is -5.84. The second-order valence-corrected chi connectivity index (χ2v) is 16.5. The van der Waals surface area contributed by atoms with Crippen molar-refractivity contribution in [1.29, 1.82) is 0 Å². The number of fused-ring (bicyclic) bond motifs is 2. The number of hydrogen-bond donors (Lipinski definition) is 1. The molecule has 0 aliphatic heterocycles. The molecule has 1 N–H and O–H groups in total. The van der Waals surface area contributed by atoms with Crippen molar-refractivity contribution in [1.82, 2.24) is 19.9 Å². The van der Waals surface area contributed by atoms with E-state index in [1.165, 1.54) is 11.8 Å². The monoisotopic (exact) mass is 662 g/mol. The molecule has 208 valence electrons. The minimum absolute atomic E-state index is 0.152. The highest BCUT2D eigenvalue weighted by atomic mass is 36.0. The van der Waals surface area contributed by atoms with Gasteiger partial charge in [0.15, 0.2) is 10.3 Å². The fraction of sp³-hybridized carbons (Fsp3) is 0.600. The molecule has 2 heterocycles. The maximum atomic E-state index is 13.8. The van der Waals surface area contributed by atoms with E-state index in [0.717, 1.165) is 11.8 Å². The van der Waals surface area contributed by atoms with Gasteiger partial charge < -0.3 is 4.98 Å². The van der Waals surface area contributed by atoms with Gasteiger partial charge in [0, 0.05) is 24.0 Å². The summed E-state index contributed by atoms with van der Waals surface area (Å²) in [6, 6.07) is 0. The first-order chi connectivity index (χ1) is 17.1. The Labute approximate surface area is 239 Å². The van der Waals surface area contributed by atoms with Crippen LogP contribution in [0.4, 0.5) is 17.6 Å². The highest BCUT2D eigenvalue weighted by Crippen LogP contribution is 2.61. The summed E-state index contributed by atoms with van der Waals surface area (Å²) in [4.78, 5) is 25.9. The van der Waals surface area contributed by atoms with Gasteiger partial charge >= 0.3 is 5.20 Å². The number of aromatic nitrogens is 4. The predicted molar refractivity (Wildman–Crippen MR) is 144 cm³/mol. The molecule has 0 atom stereocenters. The van der Waals surface area contributed by atoms with E-state index in [4.69, 9.17) is 11.6 Å². The first-order valence-corrected chi connectivity index (χ1v) is 18.1. The maximum Gasteiger partial charge on any atom is 0.339 e. The summed E-state index contributed by atoms with van der Waals surface area (Å²) in [6.45, 7) is 0. The van der Waals surface area contributed by atoms with E-state index in [1.54, 1.807) is 12.5 Å². The lowest BCUT2D eigenvalue weighted by Gasteiger charge is -2.16. The van der Waals surface area contributed by atoms with Crippen molar-refractivity contribution in [2.75, 3.05) is 12.5 Å². The number of halogens is 8. The average Bonchev–Trinajstić information content (AvgIpc) is 3.04. The van der Waals surface area contributed by atoms with Gasteiger partial charge in [0.2, 0.25) is 0 Å². The van der Waals surface area contributed by atoms with Gasteiger partial charge in [-0.2, -0.15) is 17.6 Å². The van der Waals surface area contributed by atoms with Gasteiger partial charge in [-0.15, -0.1) is 0 Å². The van der Waals surface area contributed by atoms with Crippen molar-refractivity contribution < 1.29 is 22.1 Å². The Balaban J connectivity index is 0.000000221. The lowest BCUT2D eigenvalue weighted by Crippen LogP contribution is -2.24. The maximum absolute atomic E-state index is 13.8. The molecule has 17 heteroatoms. The number of alkyl halides is 4. The quantitative estimate of drug-likeness (QED) is 0.0858. The molecule has 0 radical (unpaired) electrons. The number of nitrogens with one attached hydrogen (secondary N) is 1. The SMILES string of the molecule is CSc1nc(Cl)c2c(n1)C(F)(F)CCCC2.CSc1nc2c(c(=O)[nH]1)CCCCC2(F)F.O=P(Cl)(Cl)Cl. The van der Waals surface area contributed by atoms with E-state index in [-0.39, 0.29) is 40.1 Å². The first kappa shape index (κ1) is 33.0. The Morgan fingerprint density at radius 1 is 0.838 bits per heavy atom. The number of aromatic amines is 1. The minimum atomic E-state index is -3.22. The summed E-state index contributed by atoms with van der Waals surface area (Å²) in [6.07, 6.45) is 6.25. The molecule has 0 unspecified atom stereocenters. The van der Waals surface area contributed by atoms with E-state index >= 15 is 0 Å². The number of nitrogens with zero attached hydrogens (tertiary/aromatic N) is 3. The molecule has 0 fully saturated rings. The Hall–Kier alpha value is -0.230. The fourth-order valence-electron chi connectivity index (χ4n) is 3.70. The molecule has 37 heavy (non-hydrogen) atoms. The molecule has 2 aromatic heterocycles. The van der Waals surface area contributed by atoms with Crippen LogP contribution >= 0.6 is 74.0 Å². The highest BCUT2D eigenvalue weighted by molar-refractivity contribution is 8.24. The number of H-pyrrole nitrogens is 1. The molecule has 2 aromatic rings. The summed E-state index contributed by atoms with van der Waals surface area (Å²) in [5, 5.41) is -2.48. The molecule has 0 saturated heterocycles. The van der Waals surface area contributed by atoms with Crippen LogP contribution in [0, 0.1) is 0 Å². The number of thioether (sulfide) groups is 2. The molecule has 0 bridgehead atoms. The van der Waals surface area contributed by atoms with Gasteiger partial charge in [-0.25, -0.2) is 15.0 Å². The van der Waals surface area contributed by atoms with Crippen molar-refractivity contribution >= 4 is 74.0 Å². The average molecular weight is 664 g/mol. The Morgan fingerprint density at radius 3 is 1.81 bits per heavy atom. The van der Waals surface area contributed by atoms with E-state index in [1.807, 2.05) is 0 Å². The second-order valence-electron chi connectivity index (χ2n) is 7.95. The zero-order valence-electron chi connectivity index (χ0n) is 19.6. The summed E-state index contributed by atoms with van der Waals surface area (Å²) in [5.41, 5.74) is -0.342. The van der Waals surface area contributed by atoms with Crippen LogP contribution in [0.3, 0.4) is 0 Å².